The van der Waals surface area contributed by atoms with Crippen LogP contribution in [0.2, 0.25) is 0 Å². The molecule has 4 heteroatoms. The van der Waals surface area contributed by atoms with E-state index in [1.54, 1.807) is 0 Å². The number of rotatable bonds is 6. The van der Waals surface area contributed by atoms with E-state index in [0.29, 0.717) is 0 Å². The predicted molar refractivity (Wildman–Crippen MR) is 225 cm³/mol. The number of fused-ring (bicyclic) bond motifs is 9. The van der Waals surface area contributed by atoms with E-state index < -0.39 is 0 Å². The Labute approximate surface area is 311 Å². The summed E-state index contributed by atoms with van der Waals surface area (Å²) in [5.41, 5.74) is 9.86. The summed E-state index contributed by atoms with van der Waals surface area (Å²) in [5.74, 6) is 0. The molecule has 11 aromatic rings. The van der Waals surface area contributed by atoms with Crippen LogP contribution in [0.5, 0.6) is 0 Å². The van der Waals surface area contributed by atoms with Gasteiger partial charge >= 0.3 is 0 Å². The molecule has 0 fully saturated rings. The first kappa shape index (κ1) is 30.3. The Morgan fingerprint density at radius 1 is 0.241 bits per heavy atom. The summed E-state index contributed by atoms with van der Waals surface area (Å²) in [7, 11) is 0. The topological polar surface area (TPSA) is 32.8 Å². The van der Waals surface area contributed by atoms with Gasteiger partial charge < -0.3 is 18.6 Å². The molecule has 0 saturated carbocycles. The molecule has 0 atom stereocenters. The Kier molecular flexibility index (Phi) is 6.82. The van der Waals surface area contributed by atoms with Crippen molar-refractivity contribution in [2.45, 2.75) is 0 Å². The number of hydrogen-bond acceptors (Lipinski definition) is 4. The van der Waals surface area contributed by atoms with Crippen LogP contribution in [0.3, 0.4) is 0 Å². The second kappa shape index (κ2) is 12.1. The van der Waals surface area contributed by atoms with Crippen LogP contribution in [-0.2, 0) is 0 Å². The summed E-state index contributed by atoms with van der Waals surface area (Å²) in [5, 5.41) is 9.16. The molecule has 2 aromatic heterocycles. The maximum atomic E-state index is 6.45. The van der Waals surface area contributed by atoms with Gasteiger partial charge in [0.15, 0.2) is 0 Å². The maximum Gasteiger partial charge on any atom is 0.137 e. The Morgan fingerprint density at radius 2 is 0.704 bits per heavy atom. The van der Waals surface area contributed by atoms with Crippen LogP contribution in [0.25, 0.3) is 65.4 Å². The Hall–Kier alpha value is -7.30. The molecule has 0 aliphatic carbocycles. The molecule has 0 N–H and O–H groups in total. The average Bonchev–Trinajstić information content (AvgIpc) is 3.79. The van der Waals surface area contributed by atoms with Crippen LogP contribution in [-0.4, -0.2) is 0 Å². The van der Waals surface area contributed by atoms with Gasteiger partial charge in [0.2, 0.25) is 0 Å². The molecule has 11 rings (SSSR count). The van der Waals surface area contributed by atoms with E-state index in [-0.39, 0.29) is 0 Å². The summed E-state index contributed by atoms with van der Waals surface area (Å²) in [6, 6.07) is 68.6. The SMILES string of the molecule is c1ccc(N(c2ccccc2)c2cccc(N(c3ccc4c(c3)oc3ccccc34)c3ccc4ccc5cc6oc7ccccc7c6cc5c4c3)c2)cc1. The van der Waals surface area contributed by atoms with E-state index in [4.69, 9.17) is 8.83 Å². The molecule has 54 heavy (non-hydrogen) atoms. The average molecular weight is 693 g/mol. The minimum atomic E-state index is 0.852. The van der Waals surface area contributed by atoms with E-state index in [1.165, 1.54) is 16.2 Å². The van der Waals surface area contributed by atoms with E-state index in [2.05, 4.69) is 180 Å². The molecule has 0 spiro atoms. The molecule has 0 aliphatic rings. The molecule has 2 heterocycles. The molecule has 254 valence electrons. The fourth-order valence-corrected chi connectivity index (χ4v) is 8.07. The Morgan fingerprint density at radius 3 is 1.41 bits per heavy atom. The number of hydrogen-bond donors (Lipinski definition) is 0. The molecule has 4 nitrogen and oxygen atoms in total. The highest BCUT2D eigenvalue weighted by Crippen LogP contribution is 2.44. The predicted octanol–water partition coefficient (Wildman–Crippen LogP) is 14.7. The van der Waals surface area contributed by atoms with Crippen molar-refractivity contribution in [3.8, 4) is 0 Å². The van der Waals surface area contributed by atoms with Crippen LogP contribution in [0.4, 0.5) is 34.1 Å². The zero-order valence-corrected chi connectivity index (χ0v) is 29.2. The maximum absolute atomic E-state index is 6.45. The third kappa shape index (κ3) is 4.92. The number of anilines is 6. The first-order valence-electron chi connectivity index (χ1n) is 18.2. The van der Waals surface area contributed by atoms with Gasteiger partial charge in [-0.1, -0.05) is 97.1 Å². The van der Waals surface area contributed by atoms with Crippen molar-refractivity contribution < 1.29 is 8.83 Å². The van der Waals surface area contributed by atoms with Gasteiger partial charge in [0, 0.05) is 61.7 Å². The fraction of sp³-hybridized carbons (Fsp3) is 0. The van der Waals surface area contributed by atoms with Crippen molar-refractivity contribution in [2.75, 3.05) is 9.80 Å². The molecular formula is C50H32N2O2. The first-order chi connectivity index (χ1) is 26.7. The summed E-state index contributed by atoms with van der Waals surface area (Å²) >= 11 is 0. The van der Waals surface area contributed by atoms with Crippen molar-refractivity contribution >= 4 is 99.5 Å². The molecule has 0 aliphatic heterocycles. The van der Waals surface area contributed by atoms with Crippen molar-refractivity contribution in [2.24, 2.45) is 0 Å². The first-order valence-corrected chi connectivity index (χ1v) is 18.2. The highest BCUT2D eigenvalue weighted by Gasteiger charge is 2.20. The number of benzene rings is 9. The van der Waals surface area contributed by atoms with Crippen molar-refractivity contribution in [3.05, 3.63) is 194 Å². The van der Waals surface area contributed by atoms with Gasteiger partial charge in [-0.25, -0.2) is 0 Å². The zero-order valence-electron chi connectivity index (χ0n) is 29.2. The third-order valence-electron chi connectivity index (χ3n) is 10.6. The minimum Gasteiger partial charge on any atom is -0.456 e. The lowest BCUT2D eigenvalue weighted by atomic mass is 9.99. The van der Waals surface area contributed by atoms with Crippen LogP contribution < -0.4 is 9.80 Å². The van der Waals surface area contributed by atoms with Crippen molar-refractivity contribution in [3.63, 3.8) is 0 Å². The lowest BCUT2D eigenvalue weighted by Crippen LogP contribution is -2.13. The number of furan rings is 2. The minimum absolute atomic E-state index is 0.852. The van der Waals surface area contributed by atoms with Gasteiger partial charge in [0.05, 0.1) is 0 Å². The van der Waals surface area contributed by atoms with E-state index in [1.807, 2.05) is 24.3 Å². The molecule has 0 saturated heterocycles. The smallest absolute Gasteiger partial charge is 0.137 e. The lowest BCUT2D eigenvalue weighted by Gasteiger charge is -2.29. The number of para-hydroxylation sites is 4. The summed E-state index contributed by atoms with van der Waals surface area (Å²) in [6.45, 7) is 0. The van der Waals surface area contributed by atoms with Crippen LogP contribution in [0.15, 0.2) is 203 Å². The van der Waals surface area contributed by atoms with Crippen LogP contribution in [0.1, 0.15) is 0 Å². The van der Waals surface area contributed by atoms with Crippen molar-refractivity contribution in [1.29, 1.82) is 0 Å². The van der Waals surface area contributed by atoms with Gasteiger partial charge in [-0.2, -0.15) is 0 Å². The second-order valence-corrected chi connectivity index (χ2v) is 13.8. The second-order valence-electron chi connectivity index (χ2n) is 13.8. The van der Waals surface area contributed by atoms with Crippen LogP contribution in [0, 0.1) is 0 Å². The van der Waals surface area contributed by atoms with Gasteiger partial charge in [0.1, 0.15) is 22.3 Å². The molecule has 9 aromatic carbocycles. The zero-order chi connectivity index (χ0) is 35.6. The molecule has 0 unspecified atom stereocenters. The van der Waals surface area contributed by atoms with E-state index >= 15 is 0 Å². The van der Waals surface area contributed by atoms with Gasteiger partial charge in [0.25, 0.3) is 0 Å². The third-order valence-corrected chi connectivity index (χ3v) is 10.6. The molecule has 0 radical (unpaired) electrons. The van der Waals surface area contributed by atoms with E-state index in [0.717, 1.165) is 83.4 Å². The quantitative estimate of drug-likeness (QED) is 0.162. The Bertz CT molecular complexity index is 3140. The molecule has 0 bridgehead atoms. The highest BCUT2D eigenvalue weighted by atomic mass is 16.3. The standard InChI is InChI=1S/C50H32N2O2/c1-3-12-35(13-4-1)51(36-14-5-2-6-15-36)37-16-11-17-38(29-37)52(40-26-27-43-41-18-7-9-20-47(41)54-50(43)31-40)39-25-24-33-22-23-34-28-49-46(32-45(34)44(33)30-39)42-19-8-10-21-48(42)53-49/h1-32H. The molecular weight excluding hydrogens is 661 g/mol. The van der Waals surface area contributed by atoms with Gasteiger partial charge in [-0.05, 0) is 113 Å². The highest BCUT2D eigenvalue weighted by molar-refractivity contribution is 6.17. The number of nitrogens with zero attached hydrogens (tertiary/aromatic N) is 2. The van der Waals surface area contributed by atoms with Gasteiger partial charge in [-0.15, -0.1) is 0 Å². The van der Waals surface area contributed by atoms with Crippen LogP contribution >= 0.6 is 0 Å². The Balaban J connectivity index is 1.14. The largest absolute Gasteiger partial charge is 0.456 e. The molecule has 0 amide bonds. The summed E-state index contributed by atoms with van der Waals surface area (Å²) < 4.78 is 12.7. The fourth-order valence-electron chi connectivity index (χ4n) is 8.07. The van der Waals surface area contributed by atoms with Gasteiger partial charge in [-0.3, -0.25) is 0 Å². The monoisotopic (exact) mass is 692 g/mol. The van der Waals surface area contributed by atoms with Crippen molar-refractivity contribution in [1.82, 2.24) is 0 Å². The van der Waals surface area contributed by atoms with E-state index in [9.17, 15) is 0 Å². The lowest BCUT2D eigenvalue weighted by molar-refractivity contribution is 0.669. The summed E-state index contributed by atoms with van der Waals surface area (Å²) in [4.78, 5) is 4.65. The normalized spacial score (nSPS) is 11.7. The summed E-state index contributed by atoms with van der Waals surface area (Å²) in [6.07, 6.45) is 0.